The first-order valence-electron chi connectivity index (χ1n) is 5.85. The van der Waals surface area contributed by atoms with Crippen LogP contribution in [0.1, 0.15) is 11.1 Å². The summed E-state index contributed by atoms with van der Waals surface area (Å²) >= 11 is 0. The summed E-state index contributed by atoms with van der Waals surface area (Å²) in [5, 5.41) is 1.26. The first-order valence-corrected chi connectivity index (χ1v) is 5.85. The first kappa shape index (κ1) is 14.7. The van der Waals surface area contributed by atoms with E-state index in [4.69, 9.17) is 4.74 Å². The van der Waals surface area contributed by atoms with Crippen molar-refractivity contribution in [2.75, 3.05) is 19.8 Å². The number of amides is 1. The Morgan fingerprint density at radius 2 is 2.10 bits per heavy atom. The first-order chi connectivity index (χ1) is 9.38. The summed E-state index contributed by atoms with van der Waals surface area (Å²) in [6.07, 6.45) is -4.58. The van der Waals surface area contributed by atoms with E-state index in [1.165, 1.54) is 5.01 Å². The molecule has 8 heteroatoms. The molecule has 0 atom stereocenters. The number of hydrogen-bond donors (Lipinski definition) is 1. The van der Waals surface area contributed by atoms with Gasteiger partial charge in [-0.15, -0.1) is 0 Å². The lowest BCUT2D eigenvalue weighted by molar-refractivity contribution is -0.147. The lowest BCUT2D eigenvalue weighted by atomic mass is 10.1. The number of nitrogens with zero attached hydrogens (tertiary/aromatic N) is 1. The average molecular weight is 292 g/mol. The molecule has 1 N–H and O–H groups in total. The Bertz CT molecular complexity index is 505. The van der Waals surface area contributed by atoms with Gasteiger partial charge in [0.2, 0.25) is 0 Å². The van der Waals surface area contributed by atoms with E-state index in [9.17, 15) is 22.4 Å². The summed E-state index contributed by atoms with van der Waals surface area (Å²) in [6.45, 7) is 0.521. The number of morpholine rings is 1. The molecule has 1 fully saturated rings. The molecule has 0 aliphatic carbocycles. The van der Waals surface area contributed by atoms with Gasteiger partial charge in [0.05, 0.1) is 18.7 Å². The van der Waals surface area contributed by atoms with Crippen LogP contribution in [0.25, 0.3) is 0 Å². The van der Waals surface area contributed by atoms with Crippen molar-refractivity contribution in [3.05, 3.63) is 35.1 Å². The van der Waals surface area contributed by atoms with E-state index < -0.39 is 17.6 Å². The van der Waals surface area contributed by atoms with Crippen molar-refractivity contribution in [3.8, 4) is 0 Å². The molecular formula is C12H12F4N2O2. The van der Waals surface area contributed by atoms with Gasteiger partial charge in [-0.1, -0.05) is 6.07 Å². The molecule has 1 amide bonds. The number of alkyl halides is 3. The Morgan fingerprint density at radius 3 is 2.70 bits per heavy atom. The van der Waals surface area contributed by atoms with E-state index in [-0.39, 0.29) is 24.6 Å². The molecule has 1 aliphatic heterocycles. The van der Waals surface area contributed by atoms with Crippen LogP contribution in [0.3, 0.4) is 0 Å². The standard InChI is InChI=1S/C12H12F4N2O2/c13-10-5-9(12(14,15)16)2-1-8(10)6-17-18-3-4-20-7-11(18)19/h1-2,5,17H,3-4,6-7H2. The number of carbonyl (C=O) groups is 1. The van der Waals surface area contributed by atoms with Gasteiger partial charge in [-0.25, -0.2) is 9.82 Å². The number of rotatable bonds is 3. The number of hydrazine groups is 1. The van der Waals surface area contributed by atoms with Crippen molar-refractivity contribution in [2.45, 2.75) is 12.7 Å². The molecule has 0 radical (unpaired) electrons. The predicted octanol–water partition coefficient (Wildman–Crippen LogP) is 1.71. The third-order valence-electron chi connectivity index (χ3n) is 2.83. The molecule has 1 saturated heterocycles. The molecule has 1 aromatic rings. The van der Waals surface area contributed by atoms with Gasteiger partial charge in [-0.3, -0.25) is 9.80 Å². The minimum Gasteiger partial charge on any atom is -0.370 e. The SMILES string of the molecule is O=C1COCCN1NCc1ccc(C(F)(F)F)cc1F. The highest BCUT2D eigenvalue weighted by molar-refractivity contribution is 5.77. The van der Waals surface area contributed by atoms with E-state index in [0.29, 0.717) is 19.2 Å². The topological polar surface area (TPSA) is 41.6 Å². The Labute approximate surface area is 112 Å². The second-order valence-electron chi connectivity index (χ2n) is 4.24. The van der Waals surface area contributed by atoms with E-state index >= 15 is 0 Å². The summed E-state index contributed by atoms with van der Waals surface area (Å²) in [5.74, 6) is -1.27. The summed E-state index contributed by atoms with van der Waals surface area (Å²) in [5.41, 5.74) is 1.68. The van der Waals surface area contributed by atoms with Crippen molar-refractivity contribution in [3.63, 3.8) is 0 Å². The van der Waals surface area contributed by atoms with Crippen LogP contribution in [0.5, 0.6) is 0 Å². The Kier molecular flexibility index (Phi) is 4.24. The number of hydrogen-bond acceptors (Lipinski definition) is 3. The number of carbonyl (C=O) groups excluding carboxylic acids is 1. The fourth-order valence-corrected chi connectivity index (χ4v) is 1.73. The van der Waals surface area contributed by atoms with Gasteiger partial charge in [0.1, 0.15) is 12.4 Å². The van der Waals surface area contributed by atoms with E-state index in [1.54, 1.807) is 0 Å². The maximum Gasteiger partial charge on any atom is 0.416 e. The van der Waals surface area contributed by atoms with E-state index in [1.807, 2.05) is 0 Å². The van der Waals surface area contributed by atoms with Crippen LogP contribution in [-0.4, -0.2) is 30.7 Å². The molecule has 0 unspecified atom stereocenters. The average Bonchev–Trinajstić information content (AvgIpc) is 2.38. The summed E-state index contributed by atoms with van der Waals surface area (Å²) in [4.78, 5) is 11.4. The zero-order chi connectivity index (χ0) is 14.8. The molecule has 20 heavy (non-hydrogen) atoms. The fourth-order valence-electron chi connectivity index (χ4n) is 1.73. The van der Waals surface area contributed by atoms with Crippen LogP contribution in [0.15, 0.2) is 18.2 Å². The monoisotopic (exact) mass is 292 g/mol. The third-order valence-corrected chi connectivity index (χ3v) is 2.83. The van der Waals surface area contributed by atoms with Crippen LogP contribution in [0, 0.1) is 5.82 Å². The minimum atomic E-state index is -4.58. The molecule has 0 bridgehead atoms. The maximum atomic E-state index is 13.6. The van der Waals surface area contributed by atoms with Crippen molar-refractivity contribution in [1.82, 2.24) is 10.4 Å². The number of ether oxygens (including phenoxy) is 1. The minimum absolute atomic E-state index is 0.0530. The zero-order valence-electron chi connectivity index (χ0n) is 10.3. The molecule has 110 valence electrons. The Hall–Kier alpha value is -1.67. The Balaban J connectivity index is 2.01. The van der Waals surface area contributed by atoms with Crippen molar-refractivity contribution in [2.24, 2.45) is 0 Å². The van der Waals surface area contributed by atoms with Crippen LogP contribution in [-0.2, 0) is 22.3 Å². The second kappa shape index (κ2) is 5.76. The van der Waals surface area contributed by atoms with Crippen LogP contribution in [0.4, 0.5) is 17.6 Å². The number of benzene rings is 1. The van der Waals surface area contributed by atoms with Crippen LogP contribution >= 0.6 is 0 Å². The van der Waals surface area contributed by atoms with Crippen LogP contribution in [0.2, 0.25) is 0 Å². The molecule has 1 aliphatic rings. The molecule has 4 nitrogen and oxygen atoms in total. The van der Waals surface area contributed by atoms with Crippen molar-refractivity contribution >= 4 is 5.91 Å². The van der Waals surface area contributed by atoms with Gasteiger partial charge in [0.25, 0.3) is 5.91 Å². The van der Waals surface area contributed by atoms with Gasteiger partial charge in [-0.2, -0.15) is 13.2 Å². The molecule has 0 aromatic heterocycles. The predicted molar refractivity (Wildman–Crippen MR) is 60.8 cm³/mol. The van der Waals surface area contributed by atoms with Crippen molar-refractivity contribution in [1.29, 1.82) is 0 Å². The molecule has 1 heterocycles. The van der Waals surface area contributed by atoms with Gasteiger partial charge in [0, 0.05) is 12.1 Å². The van der Waals surface area contributed by atoms with Crippen molar-refractivity contribution < 1.29 is 27.1 Å². The molecule has 0 spiro atoms. The molecule has 2 rings (SSSR count). The van der Waals surface area contributed by atoms with Gasteiger partial charge < -0.3 is 4.74 Å². The highest BCUT2D eigenvalue weighted by atomic mass is 19.4. The summed E-state index contributed by atoms with van der Waals surface area (Å²) < 4.78 is 55.6. The fraction of sp³-hybridized carbons (Fsp3) is 0.417. The highest BCUT2D eigenvalue weighted by Gasteiger charge is 2.31. The normalized spacial score (nSPS) is 16.6. The maximum absolute atomic E-state index is 13.6. The summed E-state index contributed by atoms with van der Waals surface area (Å²) in [7, 11) is 0. The second-order valence-corrected chi connectivity index (χ2v) is 4.24. The van der Waals surface area contributed by atoms with Gasteiger partial charge >= 0.3 is 6.18 Å². The zero-order valence-corrected chi connectivity index (χ0v) is 10.3. The highest BCUT2D eigenvalue weighted by Crippen LogP contribution is 2.30. The van der Waals surface area contributed by atoms with E-state index in [0.717, 1.165) is 12.1 Å². The molecular weight excluding hydrogens is 280 g/mol. The Morgan fingerprint density at radius 1 is 1.35 bits per heavy atom. The molecule has 0 saturated carbocycles. The largest absolute Gasteiger partial charge is 0.416 e. The number of nitrogens with one attached hydrogen (secondary N) is 1. The quantitative estimate of drug-likeness (QED) is 0.862. The van der Waals surface area contributed by atoms with Gasteiger partial charge in [-0.05, 0) is 12.1 Å². The lowest BCUT2D eigenvalue weighted by Gasteiger charge is -2.27. The summed E-state index contributed by atoms with van der Waals surface area (Å²) in [6, 6.07) is 2.30. The van der Waals surface area contributed by atoms with Crippen LogP contribution < -0.4 is 5.43 Å². The molecule has 1 aromatic carbocycles. The van der Waals surface area contributed by atoms with E-state index in [2.05, 4.69) is 5.43 Å². The smallest absolute Gasteiger partial charge is 0.370 e. The third kappa shape index (κ3) is 3.45. The number of halogens is 4. The lowest BCUT2D eigenvalue weighted by Crippen LogP contribution is -2.49. The van der Waals surface area contributed by atoms with Gasteiger partial charge in [0.15, 0.2) is 0 Å².